The average Bonchev–Trinajstić information content (AvgIpc) is 2.46. The zero-order chi connectivity index (χ0) is 12.8. The Hall–Kier alpha value is -0.740. The number of alkyl halides is 1. The second-order valence-electron chi connectivity index (χ2n) is 4.41. The SMILES string of the molecule is COc1ccc(OCC2CCCCO2)c(CBr)c1. The van der Waals surface area contributed by atoms with Crippen LogP contribution in [0.3, 0.4) is 0 Å². The van der Waals surface area contributed by atoms with Gasteiger partial charge in [0.15, 0.2) is 0 Å². The normalized spacial score (nSPS) is 19.6. The second kappa shape index (κ2) is 7.00. The van der Waals surface area contributed by atoms with Gasteiger partial charge in [-0.3, -0.25) is 0 Å². The molecular weight excluding hydrogens is 296 g/mol. The molecule has 1 aliphatic rings. The first-order chi connectivity index (χ1) is 8.83. The van der Waals surface area contributed by atoms with Crippen LogP contribution in [0.4, 0.5) is 0 Å². The maximum atomic E-state index is 5.86. The second-order valence-corrected chi connectivity index (χ2v) is 4.97. The van der Waals surface area contributed by atoms with E-state index in [0.717, 1.165) is 35.4 Å². The van der Waals surface area contributed by atoms with E-state index < -0.39 is 0 Å². The largest absolute Gasteiger partial charge is 0.497 e. The molecule has 1 aliphatic heterocycles. The lowest BCUT2D eigenvalue weighted by Crippen LogP contribution is -2.25. The highest BCUT2D eigenvalue weighted by Gasteiger charge is 2.15. The molecule has 0 aliphatic carbocycles. The van der Waals surface area contributed by atoms with Crippen LogP contribution in [0.1, 0.15) is 24.8 Å². The van der Waals surface area contributed by atoms with Gasteiger partial charge in [0.05, 0.1) is 13.2 Å². The molecule has 0 spiro atoms. The van der Waals surface area contributed by atoms with Crippen LogP contribution < -0.4 is 9.47 Å². The Kier molecular flexibility index (Phi) is 5.32. The molecule has 100 valence electrons. The van der Waals surface area contributed by atoms with E-state index in [2.05, 4.69) is 15.9 Å². The van der Waals surface area contributed by atoms with E-state index in [4.69, 9.17) is 14.2 Å². The van der Waals surface area contributed by atoms with E-state index in [1.165, 1.54) is 12.8 Å². The molecule has 0 radical (unpaired) electrons. The van der Waals surface area contributed by atoms with Gasteiger partial charge >= 0.3 is 0 Å². The zero-order valence-electron chi connectivity index (χ0n) is 10.7. The Morgan fingerprint density at radius 2 is 2.28 bits per heavy atom. The first-order valence-electron chi connectivity index (χ1n) is 6.30. The zero-order valence-corrected chi connectivity index (χ0v) is 12.2. The third-order valence-corrected chi connectivity index (χ3v) is 3.71. The van der Waals surface area contributed by atoms with Gasteiger partial charge in [-0.05, 0) is 37.5 Å². The van der Waals surface area contributed by atoms with E-state index in [1.54, 1.807) is 7.11 Å². The molecule has 1 heterocycles. The van der Waals surface area contributed by atoms with Gasteiger partial charge in [-0.1, -0.05) is 15.9 Å². The molecule has 1 aromatic rings. The molecule has 1 unspecified atom stereocenters. The molecule has 1 aromatic carbocycles. The van der Waals surface area contributed by atoms with Crippen molar-refractivity contribution in [1.29, 1.82) is 0 Å². The highest BCUT2D eigenvalue weighted by atomic mass is 79.9. The first kappa shape index (κ1) is 13.7. The highest BCUT2D eigenvalue weighted by Crippen LogP contribution is 2.27. The molecule has 0 saturated carbocycles. The number of benzene rings is 1. The van der Waals surface area contributed by atoms with Crippen molar-refractivity contribution in [1.82, 2.24) is 0 Å². The van der Waals surface area contributed by atoms with Crippen molar-refractivity contribution in [3.63, 3.8) is 0 Å². The van der Waals surface area contributed by atoms with Gasteiger partial charge < -0.3 is 14.2 Å². The van der Waals surface area contributed by atoms with Crippen molar-refractivity contribution in [2.75, 3.05) is 20.3 Å². The van der Waals surface area contributed by atoms with Crippen LogP contribution in [-0.2, 0) is 10.1 Å². The predicted octanol–water partition coefficient (Wildman–Crippen LogP) is 3.54. The maximum absolute atomic E-state index is 5.86. The lowest BCUT2D eigenvalue weighted by Gasteiger charge is -2.23. The Bertz CT molecular complexity index is 375. The molecule has 3 nitrogen and oxygen atoms in total. The lowest BCUT2D eigenvalue weighted by molar-refractivity contribution is -0.0112. The van der Waals surface area contributed by atoms with E-state index >= 15 is 0 Å². The minimum atomic E-state index is 0.240. The molecule has 1 saturated heterocycles. The average molecular weight is 315 g/mol. The van der Waals surface area contributed by atoms with E-state index in [1.807, 2.05) is 18.2 Å². The number of halogens is 1. The Labute approximate surface area is 117 Å². The van der Waals surface area contributed by atoms with Crippen LogP contribution in [0.15, 0.2) is 18.2 Å². The highest BCUT2D eigenvalue weighted by molar-refractivity contribution is 9.08. The van der Waals surface area contributed by atoms with Crippen LogP contribution >= 0.6 is 15.9 Å². The lowest BCUT2D eigenvalue weighted by atomic mass is 10.1. The van der Waals surface area contributed by atoms with E-state index in [9.17, 15) is 0 Å². The molecule has 0 N–H and O–H groups in total. The van der Waals surface area contributed by atoms with Crippen molar-refractivity contribution in [2.45, 2.75) is 30.7 Å². The van der Waals surface area contributed by atoms with Crippen molar-refractivity contribution in [2.24, 2.45) is 0 Å². The fourth-order valence-corrected chi connectivity index (χ4v) is 2.49. The molecular formula is C14H19BrO3. The summed E-state index contributed by atoms with van der Waals surface area (Å²) in [5.74, 6) is 1.76. The van der Waals surface area contributed by atoms with Gasteiger partial charge in [0.2, 0.25) is 0 Å². The molecule has 4 heteroatoms. The molecule has 0 bridgehead atoms. The predicted molar refractivity (Wildman–Crippen MR) is 74.7 cm³/mol. The molecule has 2 rings (SSSR count). The third kappa shape index (κ3) is 3.62. The smallest absolute Gasteiger partial charge is 0.123 e. The van der Waals surface area contributed by atoms with Crippen LogP contribution in [0.2, 0.25) is 0 Å². The third-order valence-electron chi connectivity index (χ3n) is 3.11. The summed E-state index contributed by atoms with van der Waals surface area (Å²) in [5, 5.41) is 0.755. The van der Waals surface area contributed by atoms with E-state index in [-0.39, 0.29) is 6.10 Å². The fourth-order valence-electron chi connectivity index (χ4n) is 2.05. The van der Waals surface area contributed by atoms with Crippen LogP contribution in [0.25, 0.3) is 0 Å². The van der Waals surface area contributed by atoms with Gasteiger partial charge in [0.25, 0.3) is 0 Å². The summed E-state index contributed by atoms with van der Waals surface area (Å²) >= 11 is 3.47. The summed E-state index contributed by atoms with van der Waals surface area (Å²) in [4.78, 5) is 0. The van der Waals surface area contributed by atoms with Gasteiger partial charge in [0.1, 0.15) is 18.1 Å². The van der Waals surface area contributed by atoms with Gasteiger partial charge in [-0.15, -0.1) is 0 Å². The quantitative estimate of drug-likeness (QED) is 0.778. The number of ether oxygens (including phenoxy) is 3. The summed E-state index contributed by atoms with van der Waals surface area (Å²) in [6, 6.07) is 5.87. The van der Waals surface area contributed by atoms with E-state index in [0.29, 0.717) is 6.61 Å². The maximum Gasteiger partial charge on any atom is 0.123 e. The monoisotopic (exact) mass is 314 g/mol. The minimum Gasteiger partial charge on any atom is -0.497 e. The number of hydrogen-bond donors (Lipinski definition) is 0. The van der Waals surface area contributed by atoms with Crippen molar-refractivity contribution in [3.8, 4) is 11.5 Å². The van der Waals surface area contributed by atoms with Gasteiger partial charge in [-0.2, -0.15) is 0 Å². The topological polar surface area (TPSA) is 27.7 Å². The first-order valence-corrected chi connectivity index (χ1v) is 7.43. The van der Waals surface area contributed by atoms with Crippen LogP contribution in [0, 0.1) is 0 Å². The summed E-state index contributed by atoms with van der Waals surface area (Å²) in [7, 11) is 1.67. The van der Waals surface area contributed by atoms with Crippen LogP contribution in [-0.4, -0.2) is 26.4 Å². The summed E-state index contributed by atoms with van der Waals surface area (Å²) in [6.45, 7) is 1.49. The summed E-state index contributed by atoms with van der Waals surface area (Å²) < 4.78 is 16.7. The Morgan fingerprint density at radius 3 is 2.94 bits per heavy atom. The summed E-state index contributed by atoms with van der Waals surface area (Å²) in [6.07, 6.45) is 3.75. The number of hydrogen-bond acceptors (Lipinski definition) is 3. The molecule has 1 fully saturated rings. The summed E-state index contributed by atoms with van der Waals surface area (Å²) in [5.41, 5.74) is 1.10. The van der Waals surface area contributed by atoms with Crippen molar-refractivity contribution in [3.05, 3.63) is 23.8 Å². The number of methoxy groups -OCH3 is 1. The molecule has 1 atom stereocenters. The van der Waals surface area contributed by atoms with Gasteiger partial charge in [-0.25, -0.2) is 0 Å². The van der Waals surface area contributed by atoms with Crippen molar-refractivity contribution < 1.29 is 14.2 Å². The molecule has 18 heavy (non-hydrogen) atoms. The standard InChI is InChI=1S/C14H19BrO3/c1-16-12-5-6-14(11(8-12)9-15)18-10-13-4-2-3-7-17-13/h5-6,8,13H,2-4,7,9-10H2,1H3. The molecule has 0 aromatic heterocycles. The number of rotatable bonds is 5. The van der Waals surface area contributed by atoms with Crippen molar-refractivity contribution >= 4 is 15.9 Å². The Balaban J connectivity index is 1.95. The Morgan fingerprint density at radius 1 is 1.39 bits per heavy atom. The minimum absolute atomic E-state index is 0.240. The fraction of sp³-hybridized carbons (Fsp3) is 0.571. The molecule has 0 amide bonds. The van der Waals surface area contributed by atoms with Crippen LogP contribution in [0.5, 0.6) is 11.5 Å². The van der Waals surface area contributed by atoms with Gasteiger partial charge in [0, 0.05) is 17.5 Å².